The van der Waals surface area contributed by atoms with Gasteiger partial charge in [0.15, 0.2) is 0 Å². The van der Waals surface area contributed by atoms with Gasteiger partial charge < -0.3 is 10.4 Å². The maximum atomic E-state index is 11.8. The van der Waals surface area contributed by atoms with Crippen molar-refractivity contribution in [3.63, 3.8) is 0 Å². The number of halogens is 1. The third-order valence-electron chi connectivity index (χ3n) is 6.18. The zero-order chi connectivity index (χ0) is 17.9. The fourth-order valence-electron chi connectivity index (χ4n) is 4.48. The second-order valence-electron chi connectivity index (χ2n) is 7.62. The summed E-state index contributed by atoms with van der Waals surface area (Å²) >= 11 is 0. The van der Waals surface area contributed by atoms with Gasteiger partial charge in [0.25, 0.3) is 0 Å². The van der Waals surface area contributed by atoms with Crippen LogP contribution in [0.4, 0.5) is 0 Å². The summed E-state index contributed by atoms with van der Waals surface area (Å²) in [7, 11) is 0. The third-order valence-corrected chi connectivity index (χ3v) is 6.18. The van der Waals surface area contributed by atoms with Crippen molar-refractivity contribution in [3.8, 4) is 0 Å². The number of hydrogen-bond acceptors (Lipinski definition) is 2. The molecule has 26 heavy (non-hydrogen) atoms. The molecule has 2 aromatic rings. The van der Waals surface area contributed by atoms with Crippen LogP contribution in [0.2, 0.25) is 0 Å². The summed E-state index contributed by atoms with van der Waals surface area (Å²) in [5, 5.41) is 15.6. The number of unbranched alkanes of at least 4 members (excludes halogenated alkanes) is 1. The Morgan fingerprint density at radius 1 is 0.846 bits per heavy atom. The highest BCUT2D eigenvalue weighted by atomic mass is 35.5. The maximum absolute atomic E-state index is 11.8. The average Bonchev–Trinajstić information content (AvgIpc) is 2.66. The molecule has 0 aromatic heterocycles. The van der Waals surface area contributed by atoms with Gasteiger partial charge in [-0.15, -0.1) is 12.4 Å². The van der Waals surface area contributed by atoms with Crippen molar-refractivity contribution < 1.29 is 5.11 Å². The number of hydrogen-bond donors (Lipinski definition) is 2. The van der Waals surface area contributed by atoms with Crippen LogP contribution in [0.1, 0.15) is 63.2 Å². The van der Waals surface area contributed by atoms with Crippen LogP contribution in [0.25, 0.3) is 0 Å². The number of aliphatic hydroxyl groups is 1. The van der Waals surface area contributed by atoms with Gasteiger partial charge in [0.1, 0.15) is 0 Å². The first-order chi connectivity index (χ1) is 12.1. The number of rotatable bonds is 5. The van der Waals surface area contributed by atoms with E-state index < -0.39 is 5.60 Å². The van der Waals surface area contributed by atoms with Gasteiger partial charge in [0.05, 0.1) is 5.60 Å². The Hall–Kier alpha value is -1.35. The van der Waals surface area contributed by atoms with Crippen LogP contribution in [0, 0.1) is 11.8 Å². The Morgan fingerprint density at radius 2 is 1.27 bits per heavy atom. The molecule has 1 saturated heterocycles. The third kappa shape index (κ3) is 3.98. The average molecular weight is 374 g/mol. The highest BCUT2D eigenvalue weighted by Gasteiger charge is 2.50. The van der Waals surface area contributed by atoms with Gasteiger partial charge in [-0.1, -0.05) is 94.3 Å². The molecule has 4 atom stereocenters. The molecule has 0 bridgehead atoms. The topological polar surface area (TPSA) is 32.3 Å². The van der Waals surface area contributed by atoms with E-state index in [4.69, 9.17) is 0 Å². The lowest BCUT2D eigenvalue weighted by Crippen LogP contribution is -2.57. The van der Waals surface area contributed by atoms with E-state index in [1.165, 1.54) is 11.1 Å². The second kappa shape index (κ2) is 9.03. The van der Waals surface area contributed by atoms with Crippen molar-refractivity contribution in [1.82, 2.24) is 5.32 Å². The first kappa shape index (κ1) is 21.0. The van der Waals surface area contributed by atoms with Gasteiger partial charge in [-0.3, -0.25) is 0 Å². The molecule has 142 valence electrons. The zero-order valence-electron chi connectivity index (χ0n) is 16.1. The van der Waals surface area contributed by atoms with Crippen LogP contribution < -0.4 is 5.32 Å². The predicted molar refractivity (Wildman–Crippen MR) is 112 cm³/mol. The summed E-state index contributed by atoms with van der Waals surface area (Å²) in [4.78, 5) is 0. The smallest absolute Gasteiger partial charge is 0.0734 e. The second-order valence-corrected chi connectivity index (χ2v) is 7.62. The molecule has 1 fully saturated rings. The van der Waals surface area contributed by atoms with Crippen LogP contribution in [0.5, 0.6) is 0 Å². The summed E-state index contributed by atoms with van der Waals surface area (Å²) in [6, 6.07) is 21.5. The first-order valence-electron chi connectivity index (χ1n) is 9.66. The normalized spacial score (nSPS) is 31.2. The van der Waals surface area contributed by atoms with Crippen molar-refractivity contribution in [2.75, 3.05) is 0 Å². The highest BCUT2D eigenvalue weighted by molar-refractivity contribution is 5.85. The summed E-state index contributed by atoms with van der Waals surface area (Å²) in [6.07, 6.45) is 3.04. The Morgan fingerprint density at radius 3 is 1.65 bits per heavy atom. The van der Waals surface area contributed by atoms with E-state index in [0.29, 0.717) is 0 Å². The Balaban J connectivity index is 0.00000243. The van der Waals surface area contributed by atoms with Crippen LogP contribution >= 0.6 is 12.4 Å². The molecule has 3 heteroatoms. The van der Waals surface area contributed by atoms with Gasteiger partial charge >= 0.3 is 0 Å². The van der Waals surface area contributed by atoms with Gasteiger partial charge in [-0.05, 0) is 17.5 Å². The monoisotopic (exact) mass is 373 g/mol. The molecule has 3 rings (SSSR count). The predicted octanol–water partition coefficient (Wildman–Crippen LogP) is 5.69. The highest BCUT2D eigenvalue weighted by Crippen LogP contribution is 2.48. The molecule has 0 saturated carbocycles. The van der Waals surface area contributed by atoms with Crippen LogP contribution in [0.15, 0.2) is 60.7 Å². The van der Waals surface area contributed by atoms with Crippen LogP contribution in [0.3, 0.4) is 0 Å². The maximum Gasteiger partial charge on any atom is 0.0734 e. The lowest BCUT2D eigenvalue weighted by atomic mass is 9.64. The van der Waals surface area contributed by atoms with E-state index in [2.05, 4.69) is 86.8 Å². The lowest BCUT2D eigenvalue weighted by molar-refractivity contribution is -0.117. The molecule has 0 radical (unpaired) electrons. The molecule has 1 aliphatic heterocycles. The fraction of sp³-hybridized carbons (Fsp3) is 0.478. The van der Waals surface area contributed by atoms with Crippen molar-refractivity contribution in [2.24, 2.45) is 11.8 Å². The van der Waals surface area contributed by atoms with Crippen molar-refractivity contribution in [3.05, 3.63) is 71.8 Å². The lowest BCUT2D eigenvalue weighted by Gasteiger charge is -2.52. The summed E-state index contributed by atoms with van der Waals surface area (Å²) in [6.45, 7) is 6.61. The molecular formula is C23H32ClNO. The van der Waals surface area contributed by atoms with Crippen molar-refractivity contribution in [1.29, 1.82) is 0 Å². The molecule has 2 N–H and O–H groups in total. The Labute approximate surface area is 164 Å². The number of benzene rings is 2. The fourth-order valence-corrected chi connectivity index (χ4v) is 4.48. The minimum Gasteiger partial charge on any atom is -0.389 e. The molecule has 0 amide bonds. The molecule has 0 spiro atoms. The molecule has 2 nitrogen and oxygen atoms in total. The first-order valence-corrected chi connectivity index (χ1v) is 9.66. The molecular weight excluding hydrogens is 342 g/mol. The Bertz CT molecular complexity index is 609. The summed E-state index contributed by atoms with van der Waals surface area (Å²) < 4.78 is 0. The standard InChI is InChI=1S/C23H31NO.ClH/c1-4-5-16-23(25)17(2)21(19-12-8-6-9-13-19)24-22(18(23)3)20-14-10-7-11-15-20;/h6-15,17-18,21-22,24-25H,4-5,16H2,1-3H3;1H. The van der Waals surface area contributed by atoms with Crippen molar-refractivity contribution in [2.45, 2.75) is 57.7 Å². The van der Waals surface area contributed by atoms with E-state index >= 15 is 0 Å². The van der Waals surface area contributed by atoms with E-state index in [1.807, 2.05) is 0 Å². The molecule has 1 aliphatic rings. The van der Waals surface area contributed by atoms with E-state index in [0.717, 1.165) is 19.3 Å². The molecule has 1 heterocycles. The molecule has 4 unspecified atom stereocenters. The minimum atomic E-state index is -0.664. The van der Waals surface area contributed by atoms with Crippen molar-refractivity contribution >= 4 is 12.4 Å². The van der Waals surface area contributed by atoms with Gasteiger partial charge in [-0.2, -0.15) is 0 Å². The minimum absolute atomic E-state index is 0. The SMILES string of the molecule is CCCCC1(O)C(C)C(c2ccccc2)NC(c2ccccc2)C1C.Cl. The number of nitrogens with one attached hydrogen (secondary N) is 1. The van der Waals surface area contributed by atoms with Crippen LogP contribution in [-0.2, 0) is 0 Å². The Kier molecular flexibility index (Phi) is 7.28. The van der Waals surface area contributed by atoms with E-state index in [1.54, 1.807) is 0 Å². The van der Waals surface area contributed by atoms with Gasteiger partial charge in [0, 0.05) is 23.9 Å². The van der Waals surface area contributed by atoms with Gasteiger partial charge in [0.2, 0.25) is 0 Å². The largest absolute Gasteiger partial charge is 0.389 e. The quantitative estimate of drug-likeness (QED) is 0.705. The van der Waals surface area contributed by atoms with E-state index in [9.17, 15) is 5.11 Å². The molecule has 0 aliphatic carbocycles. The molecule has 2 aromatic carbocycles. The zero-order valence-corrected chi connectivity index (χ0v) is 16.9. The van der Waals surface area contributed by atoms with Crippen LogP contribution in [-0.4, -0.2) is 10.7 Å². The van der Waals surface area contributed by atoms with E-state index in [-0.39, 0.29) is 36.3 Å². The number of piperidine rings is 1. The van der Waals surface area contributed by atoms with Gasteiger partial charge in [-0.25, -0.2) is 0 Å². The summed E-state index contributed by atoms with van der Waals surface area (Å²) in [5.41, 5.74) is 1.86. The summed E-state index contributed by atoms with van der Waals surface area (Å²) in [5.74, 6) is 0.327.